The maximum Gasteiger partial charge on any atom is 0.145 e. The summed E-state index contributed by atoms with van der Waals surface area (Å²) in [6.45, 7) is 6.33. The minimum absolute atomic E-state index is 0.685. The van der Waals surface area contributed by atoms with Gasteiger partial charge in [0, 0.05) is 19.2 Å². The van der Waals surface area contributed by atoms with Crippen LogP contribution < -0.4 is 16.2 Å². The maximum atomic E-state index is 5.40. The summed E-state index contributed by atoms with van der Waals surface area (Å²) < 4.78 is 0. The molecule has 0 saturated carbocycles. The van der Waals surface area contributed by atoms with Crippen molar-refractivity contribution in [2.24, 2.45) is 11.8 Å². The first-order valence-corrected chi connectivity index (χ1v) is 6.30. The molecule has 0 radical (unpaired) electrons. The van der Waals surface area contributed by atoms with Crippen LogP contribution in [0.3, 0.4) is 0 Å². The van der Waals surface area contributed by atoms with Gasteiger partial charge in [-0.25, -0.2) is 15.8 Å². The van der Waals surface area contributed by atoms with E-state index < -0.39 is 0 Å². The zero-order chi connectivity index (χ0) is 12.3. The third-order valence-electron chi connectivity index (χ3n) is 3.49. The van der Waals surface area contributed by atoms with Gasteiger partial charge in [-0.1, -0.05) is 13.3 Å². The van der Waals surface area contributed by atoms with Crippen LogP contribution in [0.25, 0.3) is 0 Å². The van der Waals surface area contributed by atoms with E-state index in [1.54, 1.807) is 0 Å². The standard InChI is InChI=1S/C12H21N5/c1-3-10-4-6-17(7-5-10)12-8-11(16-13)14-9(2)15-12/h8,10H,3-7,13H2,1-2H3,(H,14,15,16). The van der Waals surface area contributed by atoms with Crippen LogP contribution in [0.5, 0.6) is 0 Å². The van der Waals surface area contributed by atoms with Crippen molar-refractivity contribution in [3.8, 4) is 0 Å². The molecule has 0 atom stereocenters. The van der Waals surface area contributed by atoms with E-state index >= 15 is 0 Å². The fraction of sp³-hybridized carbons (Fsp3) is 0.667. The molecular weight excluding hydrogens is 214 g/mol. The molecule has 2 rings (SSSR count). The van der Waals surface area contributed by atoms with Gasteiger partial charge >= 0.3 is 0 Å². The van der Waals surface area contributed by atoms with Crippen molar-refractivity contribution in [3.63, 3.8) is 0 Å². The van der Waals surface area contributed by atoms with Gasteiger partial charge in [0.15, 0.2) is 0 Å². The summed E-state index contributed by atoms with van der Waals surface area (Å²) in [5.41, 5.74) is 2.59. The first kappa shape index (κ1) is 12.1. The average Bonchev–Trinajstić information content (AvgIpc) is 2.38. The summed E-state index contributed by atoms with van der Waals surface area (Å²) in [5.74, 6) is 8.71. The van der Waals surface area contributed by atoms with Gasteiger partial charge in [0.25, 0.3) is 0 Å². The third-order valence-corrected chi connectivity index (χ3v) is 3.49. The number of anilines is 2. The van der Waals surface area contributed by atoms with Crippen molar-refractivity contribution in [2.45, 2.75) is 33.1 Å². The fourth-order valence-corrected chi connectivity index (χ4v) is 2.36. The zero-order valence-electron chi connectivity index (χ0n) is 10.6. The molecule has 5 nitrogen and oxygen atoms in total. The molecule has 1 aromatic heterocycles. The Bertz CT molecular complexity index is 371. The van der Waals surface area contributed by atoms with Crippen molar-refractivity contribution in [3.05, 3.63) is 11.9 Å². The van der Waals surface area contributed by atoms with E-state index in [-0.39, 0.29) is 0 Å². The van der Waals surface area contributed by atoms with E-state index in [0.717, 1.165) is 30.6 Å². The van der Waals surface area contributed by atoms with Crippen LogP contribution in [0.15, 0.2) is 6.07 Å². The van der Waals surface area contributed by atoms with Gasteiger partial charge in [0.1, 0.15) is 17.5 Å². The van der Waals surface area contributed by atoms with Crippen LogP contribution in [0.2, 0.25) is 0 Å². The number of nitrogen functional groups attached to an aromatic ring is 1. The SMILES string of the molecule is CCC1CCN(c2cc(NN)nc(C)n2)CC1. The van der Waals surface area contributed by atoms with E-state index in [2.05, 4.69) is 27.2 Å². The second-order valence-electron chi connectivity index (χ2n) is 4.64. The highest BCUT2D eigenvalue weighted by molar-refractivity contribution is 5.49. The van der Waals surface area contributed by atoms with Crippen LogP contribution >= 0.6 is 0 Å². The second kappa shape index (κ2) is 5.31. The number of nitrogens with two attached hydrogens (primary N) is 1. The Labute approximate surface area is 102 Å². The lowest BCUT2D eigenvalue weighted by atomic mass is 9.94. The van der Waals surface area contributed by atoms with Gasteiger partial charge in [0.05, 0.1) is 0 Å². The van der Waals surface area contributed by atoms with Crippen LogP contribution in [0.1, 0.15) is 32.0 Å². The molecule has 17 heavy (non-hydrogen) atoms. The smallest absolute Gasteiger partial charge is 0.145 e. The van der Waals surface area contributed by atoms with Crippen LogP contribution in [-0.4, -0.2) is 23.1 Å². The lowest BCUT2D eigenvalue weighted by molar-refractivity contribution is 0.393. The van der Waals surface area contributed by atoms with Crippen LogP contribution in [0, 0.1) is 12.8 Å². The molecule has 0 unspecified atom stereocenters. The number of piperidine rings is 1. The Kier molecular flexibility index (Phi) is 3.78. The molecule has 1 aliphatic heterocycles. The molecule has 0 aliphatic carbocycles. The molecule has 1 aromatic rings. The Morgan fingerprint density at radius 3 is 2.71 bits per heavy atom. The molecule has 0 amide bonds. The lowest BCUT2D eigenvalue weighted by Gasteiger charge is -2.32. The average molecular weight is 235 g/mol. The van der Waals surface area contributed by atoms with E-state index in [0.29, 0.717) is 5.82 Å². The Hall–Kier alpha value is -1.36. The van der Waals surface area contributed by atoms with Gasteiger partial charge < -0.3 is 10.3 Å². The fourth-order valence-electron chi connectivity index (χ4n) is 2.36. The number of aromatic nitrogens is 2. The number of nitrogens with zero attached hydrogens (tertiary/aromatic N) is 3. The van der Waals surface area contributed by atoms with Gasteiger partial charge in [-0.2, -0.15) is 0 Å². The predicted octanol–water partition coefficient (Wildman–Crippen LogP) is 1.70. The monoisotopic (exact) mass is 235 g/mol. The normalized spacial score (nSPS) is 17.2. The third kappa shape index (κ3) is 2.85. The van der Waals surface area contributed by atoms with Crippen LogP contribution in [0.4, 0.5) is 11.6 Å². The van der Waals surface area contributed by atoms with Crippen molar-refractivity contribution in [1.82, 2.24) is 9.97 Å². The first-order valence-electron chi connectivity index (χ1n) is 6.30. The van der Waals surface area contributed by atoms with E-state index in [1.165, 1.54) is 19.3 Å². The minimum Gasteiger partial charge on any atom is -0.356 e. The lowest BCUT2D eigenvalue weighted by Crippen LogP contribution is -2.34. The Balaban J connectivity index is 2.10. The van der Waals surface area contributed by atoms with Crippen molar-refractivity contribution >= 4 is 11.6 Å². The quantitative estimate of drug-likeness (QED) is 0.616. The molecule has 3 N–H and O–H groups in total. The number of hydrogen-bond donors (Lipinski definition) is 2. The van der Waals surface area contributed by atoms with Gasteiger partial charge in [-0.3, -0.25) is 0 Å². The Morgan fingerprint density at radius 2 is 2.12 bits per heavy atom. The van der Waals surface area contributed by atoms with Crippen molar-refractivity contribution < 1.29 is 0 Å². The predicted molar refractivity (Wildman–Crippen MR) is 69.8 cm³/mol. The first-order chi connectivity index (χ1) is 8.22. The molecule has 1 saturated heterocycles. The van der Waals surface area contributed by atoms with E-state index in [4.69, 9.17) is 5.84 Å². The molecule has 2 heterocycles. The van der Waals surface area contributed by atoms with Gasteiger partial charge in [-0.05, 0) is 25.7 Å². The maximum absolute atomic E-state index is 5.40. The number of aryl methyl sites for hydroxylation is 1. The molecule has 94 valence electrons. The number of hydrogen-bond acceptors (Lipinski definition) is 5. The summed E-state index contributed by atoms with van der Waals surface area (Å²) in [4.78, 5) is 11.0. The van der Waals surface area contributed by atoms with Crippen LogP contribution in [-0.2, 0) is 0 Å². The minimum atomic E-state index is 0.685. The molecule has 0 aromatic carbocycles. The number of nitrogens with one attached hydrogen (secondary N) is 1. The van der Waals surface area contributed by atoms with E-state index in [9.17, 15) is 0 Å². The summed E-state index contributed by atoms with van der Waals surface area (Å²) in [5, 5.41) is 0. The molecule has 1 fully saturated rings. The second-order valence-corrected chi connectivity index (χ2v) is 4.64. The molecule has 0 spiro atoms. The highest BCUT2D eigenvalue weighted by atomic mass is 15.3. The van der Waals surface area contributed by atoms with Crippen molar-refractivity contribution in [1.29, 1.82) is 0 Å². The summed E-state index contributed by atoms with van der Waals surface area (Å²) in [7, 11) is 0. The van der Waals surface area contributed by atoms with Crippen molar-refractivity contribution in [2.75, 3.05) is 23.4 Å². The number of rotatable bonds is 3. The van der Waals surface area contributed by atoms with E-state index in [1.807, 2.05) is 13.0 Å². The highest BCUT2D eigenvalue weighted by Gasteiger charge is 2.19. The zero-order valence-corrected chi connectivity index (χ0v) is 10.6. The number of hydrazine groups is 1. The largest absolute Gasteiger partial charge is 0.356 e. The molecule has 0 bridgehead atoms. The molecule has 5 heteroatoms. The highest BCUT2D eigenvalue weighted by Crippen LogP contribution is 2.24. The topological polar surface area (TPSA) is 67.1 Å². The summed E-state index contributed by atoms with van der Waals surface area (Å²) >= 11 is 0. The summed E-state index contributed by atoms with van der Waals surface area (Å²) in [6.07, 6.45) is 3.79. The van der Waals surface area contributed by atoms with Gasteiger partial charge in [0.2, 0.25) is 0 Å². The summed E-state index contributed by atoms with van der Waals surface area (Å²) in [6, 6.07) is 1.92. The van der Waals surface area contributed by atoms with Gasteiger partial charge in [-0.15, -0.1) is 0 Å². The molecular formula is C12H21N5. The molecule has 1 aliphatic rings. The Morgan fingerprint density at radius 1 is 1.41 bits per heavy atom.